The maximum Gasteiger partial charge on any atom is 0.350 e. The summed E-state index contributed by atoms with van der Waals surface area (Å²) >= 11 is 0. The summed E-state index contributed by atoms with van der Waals surface area (Å²) in [7, 11) is -4.42. The molecule has 0 saturated carbocycles. The Labute approximate surface area is 82.1 Å². The first-order valence-corrected chi connectivity index (χ1v) is 5.76. The number of alkyl halides is 2. The van der Waals surface area contributed by atoms with Gasteiger partial charge in [0.25, 0.3) is 10.0 Å². The molecule has 1 aliphatic heterocycles. The number of hydrogen-bond donors (Lipinski definition) is 1. The van der Waals surface area contributed by atoms with Crippen molar-refractivity contribution in [2.75, 3.05) is 13.1 Å². The number of nitrogens with zero attached hydrogens (tertiary/aromatic N) is 1. The molecule has 0 aromatic heterocycles. The molecule has 2 N–H and O–H groups in total. The summed E-state index contributed by atoms with van der Waals surface area (Å²) in [5.41, 5.74) is 5.13. The second-order valence-electron chi connectivity index (χ2n) is 3.96. The van der Waals surface area contributed by atoms with Crippen molar-refractivity contribution in [2.24, 2.45) is 11.7 Å². The third-order valence-electron chi connectivity index (χ3n) is 2.68. The van der Waals surface area contributed by atoms with Crippen LogP contribution in [0.2, 0.25) is 0 Å². The van der Waals surface area contributed by atoms with Crippen molar-refractivity contribution in [3.8, 4) is 0 Å². The van der Waals surface area contributed by atoms with Crippen LogP contribution >= 0.6 is 0 Å². The van der Waals surface area contributed by atoms with Crippen LogP contribution in [0.25, 0.3) is 0 Å². The zero-order chi connectivity index (χ0) is 11.1. The molecule has 0 aliphatic carbocycles. The lowest BCUT2D eigenvalue weighted by atomic mass is 9.82. The number of rotatable bonds is 3. The molecule has 1 aliphatic rings. The van der Waals surface area contributed by atoms with Crippen LogP contribution in [0.5, 0.6) is 0 Å². The summed E-state index contributed by atoms with van der Waals surface area (Å²) < 4.78 is 46.8. The van der Waals surface area contributed by atoms with E-state index in [1.807, 2.05) is 13.8 Å². The quantitative estimate of drug-likeness (QED) is 0.751. The van der Waals surface area contributed by atoms with Gasteiger partial charge in [-0.2, -0.15) is 13.1 Å². The molecule has 1 fully saturated rings. The lowest BCUT2D eigenvalue weighted by molar-refractivity contribution is 0.0991. The topological polar surface area (TPSA) is 63.4 Å². The standard InChI is InChI=1S/C7H14F2N2O2S/c1-5(2)7(10)3-11(4-7)14(12,13)6(8)9/h5-6H,3-4,10H2,1-2H3. The Balaban J connectivity index is 2.66. The molecule has 14 heavy (non-hydrogen) atoms. The second-order valence-corrected chi connectivity index (χ2v) is 5.86. The molecule has 1 heterocycles. The summed E-state index contributed by atoms with van der Waals surface area (Å²) in [6, 6.07) is 0. The van der Waals surface area contributed by atoms with Crippen LogP contribution < -0.4 is 5.73 Å². The molecular weight excluding hydrogens is 214 g/mol. The van der Waals surface area contributed by atoms with Crippen molar-refractivity contribution in [1.29, 1.82) is 0 Å². The second kappa shape index (κ2) is 3.39. The SMILES string of the molecule is CC(C)C1(N)CN(S(=O)(=O)C(F)F)C1. The van der Waals surface area contributed by atoms with Gasteiger partial charge >= 0.3 is 5.76 Å². The summed E-state index contributed by atoms with van der Waals surface area (Å²) in [6.07, 6.45) is 0. The molecule has 84 valence electrons. The van der Waals surface area contributed by atoms with Crippen LogP contribution in [0.1, 0.15) is 13.8 Å². The first kappa shape index (κ1) is 11.8. The Morgan fingerprint density at radius 3 is 2.07 bits per heavy atom. The minimum Gasteiger partial charge on any atom is -0.323 e. The van der Waals surface area contributed by atoms with Gasteiger partial charge in [-0.1, -0.05) is 13.8 Å². The van der Waals surface area contributed by atoms with Crippen molar-refractivity contribution in [3.63, 3.8) is 0 Å². The fourth-order valence-electron chi connectivity index (χ4n) is 1.27. The largest absolute Gasteiger partial charge is 0.350 e. The summed E-state index contributed by atoms with van der Waals surface area (Å²) in [5, 5.41) is 0. The molecule has 1 saturated heterocycles. The lowest BCUT2D eigenvalue weighted by Crippen LogP contribution is -2.71. The van der Waals surface area contributed by atoms with E-state index in [4.69, 9.17) is 5.73 Å². The minimum absolute atomic E-state index is 0.0165. The van der Waals surface area contributed by atoms with E-state index in [0.717, 1.165) is 4.31 Å². The number of halogens is 2. The lowest BCUT2D eigenvalue weighted by Gasteiger charge is -2.48. The van der Waals surface area contributed by atoms with E-state index in [-0.39, 0.29) is 19.0 Å². The molecule has 0 spiro atoms. The average molecular weight is 228 g/mol. The predicted molar refractivity (Wildman–Crippen MR) is 48.3 cm³/mol. The molecule has 0 amide bonds. The van der Waals surface area contributed by atoms with Crippen molar-refractivity contribution in [1.82, 2.24) is 4.31 Å². The third-order valence-corrected chi connectivity index (χ3v) is 4.10. The number of sulfonamides is 1. The van der Waals surface area contributed by atoms with Gasteiger partial charge in [0.15, 0.2) is 0 Å². The van der Waals surface area contributed by atoms with Crippen molar-refractivity contribution in [2.45, 2.75) is 25.1 Å². The van der Waals surface area contributed by atoms with Crippen LogP contribution in [-0.4, -0.2) is 37.1 Å². The molecule has 4 nitrogen and oxygen atoms in total. The van der Waals surface area contributed by atoms with E-state index >= 15 is 0 Å². The fourth-order valence-corrected chi connectivity index (χ4v) is 2.33. The number of nitrogens with two attached hydrogens (primary N) is 1. The molecule has 1 rings (SSSR count). The van der Waals surface area contributed by atoms with Crippen LogP contribution in [0.3, 0.4) is 0 Å². The van der Waals surface area contributed by atoms with Gasteiger partial charge in [-0.3, -0.25) is 0 Å². The number of hydrogen-bond acceptors (Lipinski definition) is 3. The van der Waals surface area contributed by atoms with Crippen molar-refractivity contribution in [3.05, 3.63) is 0 Å². The molecule has 0 bridgehead atoms. The Morgan fingerprint density at radius 1 is 1.36 bits per heavy atom. The summed E-state index contributed by atoms with van der Waals surface area (Å²) in [5.74, 6) is -3.27. The van der Waals surface area contributed by atoms with Gasteiger partial charge in [-0.05, 0) is 5.92 Å². The van der Waals surface area contributed by atoms with E-state index in [9.17, 15) is 17.2 Å². The van der Waals surface area contributed by atoms with Gasteiger partial charge < -0.3 is 5.73 Å². The van der Waals surface area contributed by atoms with Gasteiger partial charge in [0.2, 0.25) is 0 Å². The third kappa shape index (κ3) is 1.76. The molecule has 7 heteroatoms. The van der Waals surface area contributed by atoms with Gasteiger partial charge in [0.1, 0.15) is 0 Å². The first-order chi connectivity index (χ1) is 6.20. The van der Waals surface area contributed by atoms with E-state index in [1.54, 1.807) is 0 Å². The van der Waals surface area contributed by atoms with Gasteiger partial charge in [0.05, 0.1) is 0 Å². The molecule has 0 aromatic carbocycles. The van der Waals surface area contributed by atoms with Crippen molar-refractivity contribution < 1.29 is 17.2 Å². The average Bonchev–Trinajstić information content (AvgIpc) is 1.97. The van der Waals surface area contributed by atoms with Crippen LogP contribution in [0.4, 0.5) is 8.78 Å². The smallest absolute Gasteiger partial charge is 0.323 e. The van der Waals surface area contributed by atoms with Crippen LogP contribution in [-0.2, 0) is 10.0 Å². The van der Waals surface area contributed by atoms with E-state index in [1.165, 1.54) is 0 Å². The Morgan fingerprint density at radius 2 is 1.79 bits per heavy atom. The summed E-state index contributed by atoms with van der Waals surface area (Å²) in [6.45, 7) is 3.65. The van der Waals surface area contributed by atoms with Gasteiger partial charge in [-0.25, -0.2) is 8.42 Å². The maximum absolute atomic E-state index is 12.1. The monoisotopic (exact) mass is 228 g/mol. The Kier molecular flexibility index (Phi) is 2.86. The van der Waals surface area contributed by atoms with E-state index in [2.05, 4.69) is 0 Å². The molecular formula is C7H14F2N2O2S. The Hall–Kier alpha value is -0.270. The zero-order valence-electron chi connectivity index (χ0n) is 8.07. The molecule has 0 aromatic rings. The predicted octanol–water partition coefficient (Wildman–Crippen LogP) is 0.208. The van der Waals surface area contributed by atoms with Crippen LogP contribution in [0.15, 0.2) is 0 Å². The zero-order valence-corrected chi connectivity index (χ0v) is 8.89. The minimum atomic E-state index is -4.42. The summed E-state index contributed by atoms with van der Waals surface area (Å²) in [4.78, 5) is 0. The maximum atomic E-state index is 12.1. The Bertz CT molecular complexity index is 310. The molecule has 0 atom stereocenters. The normalized spacial score (nSPS) is 22.8. The highest BCUT2D eigenvalue weighted by molar-refractivity contribution is 7.89. The highest BCUT2D eigenvalue weighted by Gasteiger charge is 2.49. The van der Waals surface area contributed by atoms with E-state index < -0.39 is 21.3 Å². The molecule has 0 unspecified atom stereocenters. The highest BCUT2D eigenvalue weighted by Crippen LogP contribution is 2.30. The van der Waals surface area contributed by atoms with Crippen LogP contribution in [0, 0.1) is 5.92 Å². The van der Waals surface area contributed by atoms with Crippen molar-refractivity contribution >= 4 is 10.0 Å². The van der Waals surface area contributed by atoms with Gasteiger partial charge in [0, 0.05) is 18.6 Å². The van der Waals surface area contributed by atoms with E-state index in [0.29, 0.717) is 0 Å². The first-order valence-electron chi connectivity index (χ1n) is 4.26. The highest BCUT2D eigenvalue weighted by atomic mass is 32.2. The fraction of sp³-hybridized carbons (Fsp3) is 1.00. The molecule has 0 radical (unpaired) electrons. The van der Waals surface area contributed by atoms with Gasteiger partial charge in [-0.15, -0.1) is 0 Å².